The third-order valence-corrected chi connectivity index (χ3v) is 6.04. The standard InChI is InChI=1S/C22H29N3O3/c1-2-20-12-19(26)13-22(28-20)8-10-24(11-9-22)21(27)18-14-23-25(16-18)15-17-6-4-3-5-7-17/h3-7,14,16,19-20,26H,2,8-13,15H2,1H3/t19-,20+/m1/s1. The molecule has 1 spiro atoms. The number of rotatable bonds is 4. The third kappa shape index (κ3) is 4.13. The lowest BCUT2D eigenvalue weighted by molar-refractivity contribution is -0.179. The average molecular weight is 383 g/mol. The van der Waals surface area contributed by atoms with Gasteiger partial charge in [0.2, 0.25) is 0 Å². The fraction of sp³-hybridized carbons (Fsp3) is 0.545. The van der Waals surface area contributed by atoms with Crippen LogP contribution in [0.15, 0.2) is 42.7 Å². The first-order valence-corrected chi connectivity index (χ1v) is 10.3. The summed E-state index contributed by atoms with van der Waals surface area (Å²) in [7, 11) is 0. The molecule has 0 saturated carbocycles. The number of carbonyl (C=O) groups is 1. The maximum absolute atomic E-state index is 12.9. The zero-order chi connectivity index (χ0) is 19.6. The molecule has 3 heterocycles. The van der Waals surface area contributed by atoms with E-state index in [1.807, 2.05) is 29.3 Å². The van der Waals surface area contributed by atoms with E-state index in [-0.39, 0.29) is 23.7 Å². The van der Waals surface area contributed by atoms with Crippen molar-refractivity contribution in [3.8, 4) is 0 Å². The van der Waals surface area contributed by atoms with Crippen molar-refractivity contribution in [2.75, 3.05) is 13.1 Å². The molecule has 0 unspecified atom stereocenters. The summed E-state index contributed by atoms with van der Waals surface area (Å²) in [5.74, 6) is 0.0255. The SMILES string of the molecule is CC[C@H]1C[C@@H](O)CC2(CCN(C(=O)c3cnn(Cc4ccccc4)c3)CC2)O1. The normalized spacial score (nSPS) is 24.4. The first kappa shape index (κ1) is 19.2. The van der Waals surface area contributed by atoms with E-state index < -0.39 is 0 Å². The molecule has 2 aliphatic rings. The van der Waals surface area contributed by atoms with Crippen molar-refractivity contribution in [2.45, 2.75) is 63.4 Å². The summed E-state index contributed by atoms with van der Waals surface area (Å²) in [6.45, 7) is 4.07. The molecule has 2 saturated heterocycles. The monoisotopic (exact) mass is 383 g/mol. The minimum atomic E-state index is -0.294. The van der Waals surface area contributed by atoms with Gasteiger partial charge in [-0.1, -0.05) is 37.3 Å². The molecule has 2 atom stereocenters. The first-order valence-electron chi connectivity index (χ1n) is 10.3. The van der Waals surface area contributed by atoms with Crippen LogP contribution in [0.5, 0.6) is 0 Å². The molecule has 0 radical (unpaired) electrons. The topological polar surface area (TPSA) is 67.6 Å². The zero-order valence-electron chi connectivity index (χ0n) is 16.5. The number of ether oxygens (including phenoxy) is 1. The molecule has 0 bridgehead atoms. The molecular formula is C22H29N3O3. The van der Waals surface area contributed by atoms with E-state index in [4.69, 9.17) is 4.74 Å². The summed E-state index contributed by atoms with van der Waals surface area (Å²) in [4.78, 5) is 14.8. The van der Waals surface area contributed by atoms with Crippen molar-refractivity contribution in [3.63, 3.8) is 0 Å². The van der Waals surface area contributed by atoms with Crippen molar-refractivity contribution in [3.05, 3.63) is 53.9 Å². The second-order valence-corrected chi connectivity index (χ2v) is 8.13. The Kier molecular flexibility index (Phi) is 5.51. The van der Waals surface area contributed by atoms with Crippen molar-refractivity contribution in [1.82, 2.24) is 14.7 Å². The van der Waals surface area contributed by atoms with Gasteiger partial charge in [0, 0.05) is 25.7 Å². The van der Waals surface area contributed by atoms with Gasteiger partial charge in [-0.05, 0) is 31.2 Å². The van der Waals surface area contributed by atoms with Crippen molar-refractivity contribution >= 4 is 5.91 Å². The summed E-state index contributed by atoms with van der Waals surface area (Å²) in [5, 5.41) is 14.6. The molecule has 2 aliphatic heterocycles. The largest absolute Gasteiger partial charge is 0.393 e. The van der Waals surface area contributed by atoms with Crippen LogP contribution < -0.4 is 0 Å². The van der Waals surface area contributed by atoms with E-state index in [2.05, 4.69) is 24.2 Å². The molecule has 6 heteroatoms. The van der Waals surface area contributed by atoms with Crippen LogP contribution in [0.25, 0.3) is 0 Å². The van der Waals surface area contributed by atoms with E-state index in [0.29, 0.717) is 31.6 Å². The molecule has 2 aromatic rings. The van der Waals surface area contributed by atoms with Gasteiger partial charge in [-0.15, -0.1) is 0 Å². The number of benzene rings is 1. The van der Waals surface area contributed by atoms with Gasteiger partial charge in [-0.25, -0.2) is 0 Å². The van der Waals surface area contributed by atoms with Gasteiger partial charge in [0.15, 0.2) is 0 Å². The Bertz CT molecular complexity index is 796. The molecular weight excluding hydrogens is 354 g/mol. The Morgan fingerprint density at radius 2 is 2.04 bits per heavy atom. The highest BCUT2D eigenvalue weighted by atomic mass is 16.5. The molecule has 4 rings (SSSR count). The summed E-state index contributed by atoms with van der Waals surface area (Å²) < 4.78 is 8.13. The molecule has 1 aromatic heterocycles. The Morgan fingerprint density at radius 3 is 2.75 bits per heavy atom. The Hall–Kier alpha value is -2.18. The number of likely N-dealkylation sites (tertiary alicyclic amines) is 1. The number of aromatic nitrogens is 2. The van der Waals surface area contributed by atoms with E-state index in [0.717, 1.165) is 31.2 Å². The first-order chi connectivity index (χ1) is 13.6. The number of carbonyl (C=O) groups excluding carboxylic acids is 1. The number of hydrogen-bond donors (Lipinski definition) is 1. The minimum Gasteiger partial charge on any atom is -0.393 e. The zero-order valence-corrected chi connectivity index (χ0v) is 16.5. The van der Waals surface area contributed by atoms with Crippen LogP contribution in [0.3, 0.4) is 0 Å². The maximum Gasteiger partial charge on any atom is 0.257 e. The van der Waals surface area contributed by atoms with E-state index in [1.54, 1.807) is 10.9 Å². The summed E-state index contributed by atoms with van der Waals surface area (Å²) in [6.07, 6.45) is 7.20. The summed E-state index contributed by atoms with van der Waals surface area (Å²) >= 11 is 0. The Morgan fingerprint density at radius 1 is 1.29 bits per heavy atom. The average Bonchev–Trinajstić information content (AvgIpc) is 3.16. The van der Waals surface area contributed by atoms with Crippen LogP contribution in [-0.2, 0) is 11.3 Å². The molecule has 6 nitrogen and oxygen atoms in total. The fourth-order valence-corrected chi connectivity index (χ4v) is 4.47. The molecule has 1 N–H and O–H groups in total. The van der Waals surface area contributed by atoms with Gasteiger partial charge in [0.05, 0.1) is 36.1 Å². The number of aliphatic hydroxyl groups excluding tert-OH is 1. The molecule has 2 fully saturated rings. The van der Waals surface area contributed by atoms with Crippen LogP contribution >= 0.6 is 0 Å². The quantitative estimate of drug-likeness (QED) is 0.882. The predicted molar refractivity (Wildman–Crippen MR) is 106 cm³/mol. The number of piperidine rings is 1. The second-order valence-electron chi connectivity index (χ2n) is 8.13. The summed E-state index contributed by atoms with van der Waals surface area (Å²) in [5.41, 5.74) is 1.51. The van der Waals surface area contributed by atoms with Crippen LogP contribution in [0, 0.1) is 0 Å². The lowest BCUT2D eigenvalue weighted by Gasteiger charge is -2.47. The van der Waals surface area contributed by atoms with Gasteiger partial charge in [0.25, 0.3) is 5.91 Å². The van der Waals surface area contributed by atoms with E-state index >= 15 is 0 Å². The number of hydrogen-bond acceptors (Lipinski definition) is 4. The fourth-order valence-electron chi connectivity index (χ4n) is 4.47. The molecule has 1 aromatic carbocycles. The van der Waals surface area contributed by atoms with E-state index in [1.165, 1.54) is 0 Å². The highest BCUT2D eigenvalue weighted by molar-refractivity contribution is 5.93. The number of nitrogens with zero attached hydrogens (tertiary/aromatic N) is 3. The third-order valence-electron chi connectivity index (χ3n) is 6.04. The molecule has 28 heavy (non-hydrogen) atoms. The van der Waals surface area contributed by atoms with Crippen molar-refractivity contribution in [2.24, 2.45) is 0 Å². The highest BCUT2D eigenvalue weighted by Gasteiger charge is 2.43. The van der Waals surface area contributed by atoms with Gasteiger partial charge in [-0.3, -0.25) is 9.48 Å². The Labute approximate surface area is 166 Å². The molecule has 1 amide bonds. The van der Waals surface area contributed by atoms with Crippen molar-refractivity contribution in [1.29, 1.82) is 0 Å². The van der Waals surface area contributed by atoms with Gasteiger partial charge < -0.3 is 14.7 Å². The highest BCUT2D eigenvalue weighted by Crippen LogP contribution is 2.38. The van der Waals surface area contributed by atoms with Gasteiger partial charge in [-0.2, -0.15) is 5.10 Å². The lowest BCUT2D eigenvalue weighted by Crippen LogP contribution is -2.53. The smallest absolute Gasteiger partial charge is 0.257 e. The van der Waals surface area contributed by atoms with Crippen molar-refractivity contribution < 1.29 is 14.6 Å². The Balaban J connectivity index is 1.37. The predicted octanol–water partition coefficient (Wildman–Crippen LogP) is 2.86. The number of amides is 1. The van der Waals surface area contributed by atoms with Gasteiger partial charge >= 0.3 is 0 Å². The van der Waals surface area contributed by atoms with E-state index in [9.17, 15) is 9.90 Å². The van der Waals surface area contributed by atoms with Gasteiger partial charge in [0.1, 0.15) is 0 Å². The second kappa shape index (κ2) is 8.05. The van der Waals surface area contributed by atoms with Crippen LogP contribution in [0.1, 0.15) is 54.9 Å². The van der Waals surface area contributed by atoms with Crippen LogP contribution in [-0.4, -0.2) is 56.6 Å². The maximum atomic E-state index is 12.9. The minimum absolute atomic E-state index is 0.0255. The molecule has 0 aliphatic carbocycles. The van der Waals surface area contributed by atoms with Crippen LogP contribution in [0.2, 0.25) is 0 Å². The number of aliphatic hydroxyl groups is 1. The molecule has 150 valence electrons. The lowest BCUT2D eigenvalue weighted by atomic mass is 9.81. The summed E-state index contributed by atoms with van der Waals surface area (Å²) in [6, 6.07) is 10.1. The van der Waals surface area contributed by atoms with Crippen LogP contribution in [0.4, 0.5) is 0 Å².